The summed E-state index contributed by atoms with van der Waals surface area (Å²) in [6.45, 7) is 11.1. The van der Waals surface area contributed by atoms with E-state index in [1.807, 2.05) is 11.6 Å². The second kappa shape index (κ2) is 8.42. The van der Waals surface area contributed by atoms with Crippen molar-refractivity contribution >= 4 is 27.5 Å². The Balaban J connectivity index is 1.38. The lowest BCUT2D eigenvalue weighted by Crippen LogP contribution is -2.45. The van der Waals surface area contributed by atoms with E-state index in [1.165, 1.54) is 35.6 Å². The number of nitrogen functional groups attached to an aromatic ring is 1. The number of thiazole rings is 1. The van der Waals surface area contributed by atoms with E-state index in [9.17, 15) is 0 Å². The number of nitrogens with one attached hydrogen (secondary N) is 1. The van der Waals surface area contributed by atoms with Crippen LogP contribution in [0.3, 0.4) is 0 Å². The van der Waals surface area contributed by atoms with Crippen molar-refractivity contribution in [3.05, 3.63) is 53.2 Å². The van der Waals surface area contributed by atoms with E-state index >= 15 is 0 Å². The highest BCUT2D eigenvalue weighted by Crippen LogP contribution is 2.34. The van der Waals surface area contributed by atoms with E-state index in [0.29, 0.717) is 5.13 Å². The number of fused-ring (bicyclic) bond motifs is 1. The molecule has 0 bridgehead atoms. The quantitative estimate of drug-likeness (QED) is 0.490. The third-order valence-corrected chi connectivity index (χ3v) is 6.90. The van der Waals surface area contributed by atoms with Gasteiger partial charge < -0.3 is 15.6 Å². The predicted octanol–water partition coefficient (Wildman–Crippen LogP) is 4.38. The molecule has 1 aliphatic heterocycles. The summed E-state index contributed by atoms with van der Waals surface area (Å²) >= 11 is 1.46. The number of nitrogens with zero attached hydrogens (tertiary/aromatic N) is 4. The third kappa shape index (κ3) is 4.08. The minimum atomic E-state index is 0.583. The van der Waals surface area contributed by atoms with Gasteiger partial charge >= 0.3 is 0 Å². The zero-order valence-corrected chi connectivity index (χ0v) is 18.9. The van der Waals surface area contributed by atoms with Crippen LogP contribution in [0.25, 0.3) is 33.4 Å². The number of benzene rings is 1. The maximum absolute atomic E-state index is 5.87. The lowest BCUT2D eigenvalue weighted by atomic mass is 10.0. The minimum absolute atomic E-state index is 0.583. The first-order valence-corrected chi connectivity index (χ1v) is 11.7. The monoisotopic (exact) mass is 432 g/mol. The molecular weight excluding hydrogens is 404 g/mol. The molecule has 4 aromatic rings. The molecule has 3 aromatic heterocycles. The van der Waals surface area contributed by atoms with Crippen LogP contribution in [-0.2, 0) is 6.54 Å². The van der Waals surface area contributed by atoms with Crippen LogP contribution in [0.5, 0.6) is 0 Å². The number of anilines is 1. The van der Waals surface area contributed by atoms with Gasteiger partial charge in [-0.15, -0.1) is 11.3 Å². The first-order valence-electron chi connectivity index (χ1n) is 10.8. The lowest BCUT2D eigenvalue weighted by Gasteiger charge is -2.34. The molecule has 0 atom stereocenters. The number of hydrogen-bond donors (Lipinski definition) is 2. The van der Waals surface area contributed by atoms with Gasteiger partial charge in [0.1, 0.15) is 5.65 Å². The molecule has 1 fully saturated rings. The molecule has 0 aliphatic carbocycles. The summed E-state index contributed by atoms with van der Waals surface area (Å²) < 4.78 is 0. The largest absolute Gasteiger partial charge is 0.375 e. The summed E-state index contributed by atoms with van der Waals surface area (Å²) in [7, 11) is 0. The number of rotatable bonds is 5. The summed E-state index contributed by atoms with van der Waals surface area (Å²) in [6.07, 6.45) is 1.94. The van der Waals surface area contributed by atoms with Crippen LogP contribution in [0.15, 0.2) is 41.9 Å². The fraction of sp³-hybridized carbons (Fsp3) is 0.333. The van der Waals surface area contributed by atoms with Crippen molar-refractivity contribution in [3.63, 3.8) is 0 Å². The van der Waals surface area contributed by atoms with Crippen LogP contribution in [0.1, 0.15) is 18.2 Å². The van der Waals surface area contributed by atoms with Crippen LogP contribution in [0.4, 0.5) is 5.13 Å². The predicted molar refractivity (Wildman–Crippen MR) is 129 cm³/mol. The molecule has 160 valence electrons. The normalized spacial score (nSPS) is 15.7. The Morgan fingerprint density at radius 3 is 2.48 bits per heavy atom. The van der Waals surface area contributed by atoms with Crippen molar-refractivity contribution in [1.82, 2.24) is 24.8 Å². The SMILES string of the molecule is CCN1CCN(Cc2ccc(-c3cnc4[nH]c(C)c(-c5csc(N)n5)c4c3)cc2)CC1. The highest BCUT2D eigenvalue weighted by molar-refractivity contribution is 7.13. The van der Waals surface area contributed by atoms with Gasteiger partial charge in [-0.05, 0) is 30.7 Å². The first-order chi connectivity index (χ1) is 15.1. The van der Waals surface area contributed by atoms with Crippen LogP contribution in [0, 0.1) is 6.92 Å². The fourth-order valence-corrected chi connectivity index (χ4v) is 4.97. The van der Waals surface area contributed by atoms with Gasteiger partial charge in [0.15, 0.2) is 5.13 Å². The van der Waals surface area contributed by atoms with Crippen molar-refractivity contribution in [2.75, 3.05) is 38.5 Å². The van der Waals surface area contributed by atoms with Gasteiger partial charge in [0.2, 0.25) is 0 Å². The summed E-state index contributed by atoms with van der Waals surface area (Å²) in [5, 5.41) is 3.67. The Morgan fingerprint density at radius 1 is 1.06 bits per heavy atom. The molecule has 1 aromatic carbocycles. The second-order valence-corrected chi connectivity index (χ2v) is 9.11. The topological polar surface area (TPSA) is 74.1 Å². The molecule has 7 heteroatoms. The number of nitrogens with two attached hydrogens (primary N) is 1. The standard InChI is InChI=1S/C24H28N6S/c1-3-29-8-10-30(11-9-29)14-17-4-6-18(7-5-17)19-12-20-22(21-15-31-24(25)28-21)16(2)27-23(20)26-13-19/h4-7,12-13,15H,3,8-11,14H2,1-2H3,(H2,25,28)(H,26,27). The molecule has 6 nitrogen and oxygen atoms in total. The number of aryl methyl sites for hydroxylation is 1. The van der Waals surface area contributed by atoms with E-state index in [2.05, 4.69) is 68.9 Å². The molecule has 0 saturated carbocycles. The van der Waals surface area contributed by atoms with E-state index in [4.69, 9.17) is 5.73 Å². The smallest absolute Gasteiger partial charge is 0.180 e. The number of aromatic nitrogens is 3. The van der Waals surface area contributed by atoms with E-state index < -0.39 is 0 Å². The minimum Gasteiger partial charge on any atom is -0.375 e. The molecule has 0 unspecified atom stereocenters. The van der Waals surface area contributed by atoms with Gasteiger partial charge in [-0.3, -0.25) is 4.90 Å². The van der Waals surface area contributed by atoms with E-state index in [0.717, 1.165) is 59.7 Å². The van der Waals surface area contributed by atoms with Gasteiger partial charge in [0.25, 0.3) is 0 Å². The average Bonchev–Trinajstić information content (AvgIpc) is 3.36. The number of aromatic amines is 1. The zero-order valence-electron chi connectivity index (χ0n) is 18.1. The van der Waals surface area contributed by atoms with Crippen molar-refractivity contribution < 1.29 is 0 Å². The summed E-state index contributed by atoms with van der Waals surface area (Å²) in [4.78, 5) is 17.6. The van der Waals surface area contributed by atoms with Gasteiger partial charge in [-0.2, -0.15) is 0 Å². The van der Waals surface area contributed by atoms with E-state index in [-0.39, 0.29) is 0 Å². The second-order valence-electron chi connectivity index (χ2n) is 8.22. The molecule has 0 spiro atoms. The van der Waals surface area contributed by atoms with E-state index in [1.54, 1.807) is 0 Å². The van der Waals surface area contributed by atoms with Gasteiger partial charge in [0, 0.05) is 66.5 Å². The van der Waals surface area contributed by atoms with Crippen molar-refractivity contribution in [1.29, 1.82) is 0 Å². The Labute approximate surface area is 186 Å². The molecule has 1 aliphatic rings. The number of pyridine rings is 1. The molecular formula is C24H28N6S. The lowest BCUT2D eigenvalue weighted by molar-refractivity contribution is 0.132. The third-order valence-electron chi connectivity index (χ3n) is 6.22. The molecule has 31 heavy (non-hydrogen) atoms. The molecule has 1 saturated heterocycles. The van der Waals surface area contributed by atoms with Gasteiger partial charge in [0.05, 0.1) is 5.69 Å². The Morgan fingerprint density at radius 2 is 1.81 bits per heavy atom. The van der Waals surface area contributed by atoms with Gasteiger partial charge in [-0.25, -0.2) is 9.97 Å². The zero-order chi connectivity index (χ0) is 21.4. The van der Waals surface area contributed by atoms with Crippen molar-refractivity contribution in [2.45, 2.75) is 20.4 Å². The van der Waals surface area contributed by atoms with Gasteiger partial charge in [-0.1, -0.05) is 31.2 Å². The maximum atomic E-state index is 5.87. The average molecular weight is 433 g/mol. The van der Waals surface area contributed by atoms with Crippen LogP contribution in [0.2, 0.25) is 0 Å². The summed E-state index contributed by atoms with van der Waals surface area (Å²) in [5.74, 6) is 0. The Bertz CT molecular complexity index is 1180. The van der Waals surface area contributed by atoms with Crippen molar-refractivity contribution in [3.8, 4) is 22.4 Å². The Hall–Kier alpha value is -2.74. The summed E-state index contributed by atoms with van der Waals surface area (Å²) in [5.41, 5.74) is 13.4. The summed E-state index contributed by atoms with van der Waals surface area (Å²) in [6, 6.07) is 11.1. The molecule has 4 heterocycles. The number of hydrogen-bond acceptors (Lipinski definition) is 6. The maximum Gasteiger partial charge on any atom is 0.180 e. The van der Waals surface area contributed by atoms with Crippen LogP contribution < -0.4 is 5.73 Å². The molecule has 5 rings (SSSR count). The van der Waals surface area contributed by atoms with Crippen LogP contribution >= 0.6 is 11.3 Å². The molecule has 3 N–H and O–H groups in total. The highest BCUT2D eigenvalue weighted by Gasteiger charge is 2.17. The number of H-pyrrole nitrogens is 1. The fourth-order valence-electron chi connectivity index (χ4n) is 4.41. The number of likely N-dealkylation sites (N-methyl/N-ethyl adjacent to an activating group) is 1. The highest BCUT2D eigenvalue weighted by atomic mass is 32.1. The Kier molecular flexibility index (Phi) is 5.48. The molecule has 0 amide bonds. The first kappa shape index (κ1) is 20.2. The number of piperazine rings is 1. The van der Waals surface area contributed by atoms with Crippen molar-refractivity contribution in [2.24, 2.45) is 0 Å². The van der Waals surface area contributed by atoms with Crippen LogP contribution in [-0.4, -0.2) is 57.5 Å². The molecule has 0 radical (unpaired) electrons.